The largest absolute Gasteiger partial charge is 2.00 e. The van der Waals surface area contributed by atoms with Crippen molar-refractivity contribution in [2.75, 3.05) is 0 Å². The third-order valence-corrected chi connectivity index (χ3v) is 11.9. The van der Waals surface area contributed by atoms with E-state index in [1.807, 2.05) is 60.7 Å². The summed E-state index contributed by atoms with van der Waals surface area (Å²) >= 11 is 0. The van der Waals surface area contributed by atoms with Crippen LogP contribution in [-0.4, -0.2) is 4.70 Å². The Morgan fingerprint density at radius 1 is 0.355 bits per heavy atom. The molecule has 0 atom stereocenters. The number of rotatable bonds is 27. The molecule has 0 saturated heterocycles. The van der Waals surface area contributed by atoms with Gasteiger partial charge in [0.1, 0.15) is 0 Å². The zero-order chi connectivity index (χ0) is 43.8. The second kappa shape index (κ2) is 34.7. The van der Waals surface area contributed by atoms with Crippen molar-refractivity contribution in [3.8, 4) is 0 Å². The van der Waals surface area contributed by atoms with Crippen molar-refractivity contribution in [2.24, 2.45) is 0 Å². The molecule has 0 radical (unpaired) electrons. The van der Waals surface area contributed by atoms with Gasteiger partial charge in [-0.2, -0.15) is 49.2 Å². The van der Waals surface area contributed by atoms with E-state index in [0.717, 1.165) is 72.2 Å². The quantitative estimate of drug-likeness (QED) is 0.0247. The topological polar surface area (TPSA) is 25.3 Å². The maximum Gasteiger partial charge on any atom is 2.00 e. The standard InChI is InChI=1S/C45H70N2.2C7H7.Ni/c1-5-9-13-16-17-18-19-20-21-22-25-29-43-42(28-12-8-4)44(40-34-30-38(31-35-40)26-23-14-10-6-2)47(46)45(43)41-36-32-39(33-37-41)27-24-15-11-7-3;2*1-7-5-3-2-4-6-7;/h30-37H,5-29H2,1-4H3;2*2-6H,1H2;/q;2*-1;+2. The van der Waals surface area contributed by atoms with E-state index in [-0.39, 0.29) is 16.5 Å². The van der Waals surface area contributed by atoms with Crippen LogP contribution in [-0.2, 0) is 29.3 Å². The van der Waals surface area contributed by atoms with Gasteiger partial charge < -0.3 is 5.53 Å². The minimum atomic E-state index is 0. The predicted octanol–water partition coefficient (Wildman–Crippen LogP) is 18.7. The fraction of sp³-hybridized carbons (Fsp3) is 0.492. The van der Waals surface area contributed by atoms with Crippen molar-refractivity contribution in [1.82, 2.24) is 0 Å². The molecule has 0 aliphatic carbocycles. The molecule has 0 fully saturated rings. The number of aryl methyl sites for hydroxylation is 2. The van der Waals surface area contributed by atoms with E-state index in [1.165, 1.54) is 144 Å². The Labute approximate surface area is 391 Å². The minimum absolute atomic E-state index is 0. The molecule has 0 N–H and O–H groups in total. The first kappa shape index (κ1) is 54.3. The van der Waals surface area contributed by atoms with Crippen molar-refractivity contribution >= 4 is 11.4 Å². The Hall–Kier alpha value is -3.81. The van der Waals surface area contributed by atoms with Crippen LogP contribution in [0.4, 0.5) is 0 Å². The van der Waals surface area contributed by atoms with E-state index in [1.54, 1.807) is 4.70 Å². The zero-order valence-electron chi connectivity index (χ0n) is 39.7. The van der Waals surface area contributed by atoms with Gasteiger partial charge in [0.2, 0.25) is 11.4 Å². The molecule has 4 aromatic carbocycles. The van der Waals surface area contributed by atoms with Crippen molar-refractivity contribution in [1.29, 1.82) is 0 Å². The predicted molar refractivity (Wildman–Crippen MR) is 268 cm³/mol. The molecule has 1 heterocycles. The third kappa shape index (κ3) is 21.5. The number of nitrogens with zero attached hydrogens (tertiary/aromatic N) is 2. The Kier molecular flexibility index (Phi) is 30.4. The van der Waals surface area contributed by atoms with Crippen LogP contribution >= 0.6 is 0 Å². The first-order chi connectivity index (χ1) is 29.9. The SMILES string of the molecule is CCCCCCCCCCCCCC1=C(c2ccc(CCCCCC)cc2)[N+](=[N-])C(c2ccc(CCCCCC)cc2)=C1CCCC.[CH2-]c1ccccc1.[CH2-]c1ccccc1.[Ni+2]. The molecule has 3 heteroatoms. The Bertz CT molecular complexity index is 1730. The number of hydrogen-bond acceptors (Lipinski definition) is 0. The molecule has 0 saturated carbocycles. The fourth-order valence-corrected chi connectivity index (χ4v) is 8.23. The minimum Gasteiger partial charge on any atom is -0.493 e. The number of unbranched alkanes of at least 4 members (excludes halogenated alkanes) is 17. The maximum absolute atomic E-state index is 12.0. The molecule has 0 bridgehead atoms. The summed E-state index contributed by atoms with van der Waals surface area (Å²) < 4.78 is 1.57. The first-order valence-corrected chi connectivity index (χ1v) is 24.8. The van der Waals surface area contributed by atoms with E-state index >= 15 is 0 Å². The van der Waals surface area contributed by atoms with Gasteiger partial charge in [-0.05, 0) is 86.8 Å². The van der Waals surface area contributed by atoms with Crippen LogP contribution in [0, 0.1) is 13.8 Å². The van der Waals surface area contributed by atoms with E-state index in [0.29, 0.717) is 0 Å². The van der Waals surface area contributed by atoms with Gasteiger partial charge in [0, 0.05) is 22.3 Å². The molecule has 0 amide bonds. The summed E-state index contributed by atoms with van der Waals surface area (Å²) in [6.07, 6.45) is 31.9. The molecule has 0 spiro atoms. The van der Waals surface area contributed by atoms with Gasteiger partial charge in [-0.3, -0.25) is 0 Å². The van der Waals surface area contributed by atoms with Crippen molar-refractivity contribution in [3.05, 3.63) is 173 Å². The second-order valence-electron chi connectivity index (χ2n) is 17.3. The Morgan fingerprint density at radius 3 is 0.968 bits per heavy atom. The summed E-state index contributed by atoms with van der Waals surface area (Å²) in [6.45, 7) is 16.6. The molecule has 1 aliphatic rings. The molecule has 340 valence electrons. The maximum atomic E-state index is 12.0. The van der Waals surface area contributed by atoms with Crippen LogP contribution in [0.5, 0.6) is 0 Å². The van der Waals surface area contributed by atoms with E-state index in [4.69, 9.17) is 0 Å². The summed E-state index contributed by atoms with van der Waals surface area (Å²) in [5.74, 6) is 0. The Morgan fingerprint density at radius 2 is 0.645 bits per heavy atom. The van der Waals surface area contributed by atoms with Crippen molar-refractivity contribution in [2.45, 2.75) is 188 Å². The van der Waals surface area contributed by atoms with Crippen molar-refractivity contribution < 1.29 is 21.2 Å². The average molecular weight is 880 g/mol. The summed E-state index contributed by atoms with van der Waals surface area (Å²) in [4.78, 5) is 0. The van der Waals surface area contributed by atoms with Crippen LogP contribution in [0.15, 0.2) is 120 Å². The normalized spacial score (nSPS) is 12.1. The van der Waals surface area contributed by atoms with Crippen LogP contribution in [0.1, 0.15) is 209 Å². The van der Waals surface area contributed by atoms with Gasteiger partial charge in [0.25, 0.3) is 0 Å². The molecule has 0 unspecified atom stereocenters. The molecule has 62 heavy (non-hydrogen) atoms. The fourth-order valence-electron chi connectivity index (χ4n) is 8.23. The molecular formula is C59H84N2Ni. The van der Waals surface area contributed by atoms with Crippen LogP contribution in [0.2, 0.25) is 0 Å². The monoisotopic (exact) mass is 879 g/mol. The molecule has 1 aliphatic heterocycles. The van der Waals surface area contributed by atoms with Gasteiger partial charge in [-0.25, -0.2) is 4.70 Å². The van der Waals surface area contributed by atoms with Crippen LogP contribution in [0.25, 0.3) is 16.9 Å². The van der Waals surface area contributed by atoms with E-state index in [9.17, 15) is 5.53 Å². The van der Waals surface area contributed by atoms with Gasteiger partial charge in [-0.15, -0.1) is 24.3 Å². The van der Waals surface area contributed by atoms with Crippen molar-refractivity contribution in [3.63, 3.8) is 0 Å². The average Bonchev–Trinajstić information content (AvgIpc) is 3.56. The second-order valence-corrected chi connectivity index (χ2v) is 17.3. The van der Waals surface area contributed by atoms with Gasteiger partial charge in [0.05, 0.1) is 0 Å². The summed E-state index contributed by atoms with van der Waals surface area (Å²) in [5, 5.41) is 0. The van der Waals surface area contributed by atoms with E-state index in [2.05, 4.69) is 90.1 Å². The first-order valence-electron chi connectivity index (χ1n) is 24.8. The zero-order valence-corrected chi connectivity index (χ0v) is 40.7. The smallest absolute Gasteiger partial charge is 0.493 e. The van der Waals surface area contributed by atoms with Crippen LogP contribution < -0.4 is 0 Å². The number of hydrogen-bond donors (Lipinski definition) is 0. The summed E-state index contributed by atoms with van der Waals surface area (Å²) in [5.41, 5.74) is 24.1. The summed E-state index contributed by atoms with van der Waals surface area (Å²) in [6, 6.07) is 38.0. The molecule has 5 rings (SSSR count). The molecule has 0 aromatic heterocycles. The van der Waals surface area contributed by atoms with E-state index < -0.39 is 0 Å². The van der Waals surface area contributed by atoms with Crippen LogP contribution in [0.3, 0.4) is 0 Å². The number of allylic oxidation sites excluding steroid dienone is 2. The molecule has 4 aromatic rings. The third-order valence-electron chi connectivity index (χ3n) is 11.9. The summed E-state index contributed by atoms with van der Waals surface area (Å²) in [7, 11) is 0. The Balaban J connectivity index is 0.000000739. The van der Waals surface area contributed by atoms with Gasteiger partial charge in [0.15, 0.2) is 0 Å². The molecular weight excluding hydrogens is 795 g/mol. The van der Waals surface area contributed by atoms with Gasteiger partial charge >= 0.3 is 16.5 Å². The van der Waals surface area contributed by atoms with Gasteiger partial charge in [-0.1, -0.05) is 173 Å². The number of benzene rings is 4. The molecule has 2 nitrogen and oxygen atoms in total.